The smallest absolute Gasteiger partial charge is 0.0234 e. The van der Waals surface area contributed by atoms with Gasteiger partial charge in [-0.25, -0.2) is 0 Å². The van der Waals surface area contributed by atoms with Crippen LogP contribution in [0, 0.1) is 6.92 Å². The van der Waals surface area contributed by atoms with Crippen LogP contribution in [0.3, 0.4) is 0 Å². The van der Waals surface area contributed by atoms with E-state index in [9.17, 15) is 0 Å². The fraction of sp³-hybridized carbons (Fsp3) is 0.417. The SMILES string of the molecule is [CH2]c1cccc(CN2CCNCC2)c1. The highest BCUT2D eigenvalue weighted by molar-refractivity contribution is 5.25. The predicted molar refractivity (Wildman–Crippen MR) is 59.0 cm³/mol. The Balaban J connectivity index is 1.95. The van der Waals surface area contributed by atoms with Gasteiger partial charge in [0.15, 0.2) is 0 Å². The monoisotopic (exact) mass is 189 g/mol. The van der Waals surface area contributed by atoms with Gasteiger partial charge >= 0.3 is 0 Å². The van der Waals surface area contributed by atoms with Crippen LogP contribution in [0.4, 0.5) is 0 Å². The van der Waals surface area contributed by atoms with Crippen molar-refractivity contribution in [3.05, 3.63) is 42.3 Å². The van der Waals surface area contributed by atoms with Gasteiger partial charge in [0.2, 0.25) is 0 Å². The molecule has 0 unspecified atom stereocenters. The van der Waals surface area contributed by atoms with Crippen molar-refractivity contribution in [1.82, 2.24) is 10.2 Å². The molecule has 0 saturated carbocycles. The molecule has 0 amide bonds. The van der Waals surface area contributed by atoms with Gasteiger partial charge in [-0.1, -0.05) is 24.3 Å². The van der Waals surface area contributed by atoms with Crippen LogP contribution in [0.25, 0.3) is 0 Å². The van der Waals surface area contributed by atoms with Crippen molar-refractivity contribution < 1.29 is 0 Å². The number of hydrogen-bond acceptors (Lipinski definition) is 2. The lowest BCUT2D eigenvalue weighted by atomic mass is 10.1. The molecule has 75 valence electrons. The van der Waals surface area contributed by atoms with E-state index in [1.807, 2.05) is 6.07 Å². The normalized spacial score (nSPS) is 18.4. The minimum absolute atomic E-state index is 1.06. The summed E-state index contributed by atoms with van der Waals surface area (Å²) >= 11 is 0. The fourth-order valence-corrected chi connectivity index (χ4v) is 1.86. The molecule has 1 N–H and O–H groups in total. The van der Waals surface area contributed by atoms with Gasteiger partial charge in [0.25, 0.3) is 0 Å². The van der Waals surface area contributed by atoms with Gasteiger partial charge in [0.1, 0.15) is 0 Å². The van der Waals surface area contributed by atoms with Crippen LogP contribution < -0.4 is 5.32 Å². The van der Waals surface area contributed by atoms with E-state index < -0.39 is 0 Å². The van der Waals surface area contributed by atoms with E-state index in [1.54, 1.807) is 0 Å². The van der Waals surface area contributed by atoms with Gasteiger partial charge < -0.3 is 5.32 Å². The van der Waals surface area contributed by atoms with Crippen molar-refractivity contribution in [2.24, 2.45) is 0 Å². The second-order valence-corrected chi connectivity index (χ2v) is 3.85. The third-order valence-corrected chi connectivity index (χ3v) is 2.61. The summed E-state index contributed by atoms with van der Waals surface area (Å²) < 4.78 is 0. The fourth-order valence-electron chi connectivity index (χ4n) is 1.86. The molecule has 1 aliphatic heterocycles. The zero-order valence-corrected chi connectivity index (χ0v) is 8.50. The van der Waals surface area contributed by atoms with Crippen molar-refractivity contribution in [3.8, 4) is 0 Å². The predicted octanol–water partition coefficient (Wildman–Crippen LogP) is 1.27. The molecule has 1 aliphatic rings. The first kappa shape index (κ1) is 9.69. The zero-order valence-electron chi connectivity index (χ0n) is 8.50. The number of nitrogens with zero attached hydrogens (tertiary/aromatic N) is 1. The molecule has 1 saturated heterocycles. The van der Waals surface area contributed by atoms with Gasteiger partial charge in [-0.3, -0.25) is 4.90 Å². The molecular formula is C12H17N2. The van der Waals surface area contributed by atoms with Crippen LogP contribution in [-0.2, 0) is 6.54 Å². The summed E-state index contributed by atoms with van der Waals surface area (Å²) in [5.74, 6) is 0. The molecular weight excluding hydrogens is 172 g/mol. The Kier molecular flexibility index (Phi) is 3.17. The maximum atomic E-state index is 3.94. The van der Waals surface area contributed by atoms with Gasteiger partial charge in [-0.05, 0) is 18.1 Å². The van der Waals surface area contributed by atoms with E-state index in [1.165, 1.54) is 5.56 Å². The first-order valence-electron chi connectivity index (χ1n) is 5.18. The largest absolute Gasteiger partial charge is 0.314 e. The first-order valence-corrected chi connectivity index (χ1v) is 5.18. The summed E-state index contributed by atoms with van der Waals surface area (Å²) in [4.78, 5) is 2.48. The molecule has 2 heteroatoms. The van der Waals surface area contributed by atoms with Gasteiger partial charge in [0, 0.05) is 32.7 Å². The lowest BCUT2D eigenvalue weighted by Gasteiger charge is -2.27. The minimum atomic E-state index is 1.06. The third kappa shape index (κ3) is 2.56. The van der Waals surface area contributed by atoms with E-state index in [0.717, 1.165) is 38.3 Å². The molecule has 0 spiro atoms. The molecule has 1 heterocycles. The molecule has 1 aromatic carbocycles. The van der Waals surface area contributed by atoms with Crippen LogP contribution in [-0.4, -0.2) is 31.1 Å². The Morgan fingerprint density at radius 1 is 1.29 bits per heavy atom. The molecule has 1 radical (unpaired) electrons. The molecule has 1 aromatic rings. The molecule has 2 rings (SSSR count). The van der Waals surface area contributed by atoms with Crippen LogP contribution in [0.2, 0.25) is 0 Å². The molecule has 0 bridgehead atoms. The molecule has 14 heavy (non-hydrogen) atoms. The summed E-state index contributed by atoms with van der Waals surface area (Å²) in [5, 5.41) is 3.36. The molecule has 0 aliphatic carbocycles. The van der Waals surface area contributed by atoms with Gasteiger partial charge in [0.05, 0.1) is 0 Å². The Bertz CT molecular complexity index is 290. The summed E-state index contributed by atoms with van der Waals surface area (Å²) in [6, 6.07) is 8.47. The Morgan fingerprint density at radius 2 is 2.07 bits per heavy atom. The second kappa shape index (κ2) is 4.58. The zero-order chi connectivity index (χ0) is 9.80. The van der Waals surface area contributed by atoms with Crippen molar-refractivity contribution in [1.29, 1.82) is 0 Å². The highest BCUT2D eigenvalue weighted by atomic mass is 15.2. The van der Waals surface area contributed by atoms with Crippen molar-refractivity contribution in [2.45, 2.75) is 6.54 Å². The average Bonchev–Trinajstić information content (AvgIpc) is 2.19. The molecule has 1 fully saturated rings. The highest BCUT2D eigenvalue weighted by Gasteiger charge is 2.09. The van der Waals surface area contributed by atoms with E-state index in [0.29, 0.717) is 0 Å². The maximum absolute atomic E-state index is 3.94. The van der Waals surface area contributed by atoms with E-state index in [-0.39, 0.29) is 0 Å². The number of hydrogen-bond donors (Lipinski definition) is 1. The topological polar surface area (TPSA) is 15.3 Å². The minimum Gasteiger partial charge on any atom is -0.314 e. The maximum Gasteiger partial charge on any atom is 0.0234 e. The quantitative estimate of drug-likeness (QED) is 0.754. The average molecular weight is 189 g/mol. The Labute approximate surface area is 85.9 Å². The van der Waals surface area contributed by atoms with E-state index in [2.05, 4.69) is 35.3 Å². The van der Waals surface area contributed by atoms with Crippen LogP contribution in [0.5, 0.6) is 0 Å². The van der Waals surface area contributed by atoms with Crippen LogP contribution >= 0.6 is 0 Å². The summed E-state index contributed by atoms with van der Waals surface area (Å²) in [5.41, 5.74) is 2.48. The summed E-state index contributed by atoms with van der Waals surface area (Å²) in [6.45, 7) is 9.54. The van der Waals surface area contributed by atoms with Crippen molar-refractivity contribution >= 4 is 0 Å². The number of benzene rings is 1. The van der Waals surface area contributed by atoms with Gasteiger partial charge in [-0.2, -0.15) is 0 Å². The van der Waals surface area contributed by atoms with E-state index >= 15 is 0 Å². The van der Waals surface area contributed by atoms with Crippen LogP contribution in [0.15, 0.2) is 24.3 Å². The lowest BCUT2D eigenvalue weighted by molar-refractivity contribution is 0.233. The van der Waals surface area contributed by atoms with Crippen molar-refractivity contribution in [2.75, 3.05) is 26.2 Å². The highest BCUT2D eigenvalue weighted by Crippen LogP contribution is 2.07. The standard InChI is InChI=1S/C12H17N2/c1-11-3-2-4-12(9-11)10-14-7-5-13-6-8-14/h2-4,9,13H,1,5-8,10H2. The van der Waals surface area contributed by atoms with E-state index in [4.69, 9.17) is 0 Å². The summed E-state index contributed by atoms with van der Waals surface area (Å²) in [6.07, 6.45) is 0. The number of rotatable bonds is 2. The molecule has 0 atom stereocenters. The molecule has 2 nitrogen and oxygen atoms in total. The third-order valence-electron chi connectivity index (χ3n) is 2.61. The first-order chi connectivity index (χ1) is 6.84. The van der Waals surface area contributed by atoms with Crippen LogP contribution in [0.1, 0.15) is 11.1 Å². The second-order valence-electron chi connectivity index (χ2n) is 3.85. The number of nitrogens with one attached hydrogen (secondary N) is 1. The number of piperazine rings is 1. The Morgan fingerprint density at radius 3 is 2.79 bits per heavy atom. The van der Waals surface area contributed by atoms with Crippen molar-refractivity contribution in [3.63, 3.8) is 0 Å². The lowest BCUT2D eigenvalue weighted by Crippen LogP contribution is -2.42. The Hall–Kier alpha value is -0.860. The summed E-state index contributed by atoms with van der Waals surface area (Å²) in [7, 11) is 0. The van der Waals surface area contributed by atoms with Gasteiger partial charge in [-0.15, -0.1) is 0 Å². The molecule has 0 aromatic heterocycles.